The molecule has 5 nitrogen and oxygen atoms in total. The van der Waals surface area contributed by atoms with Crippen molar-refractivity contribution in [3.63, 3.8) is 0 Å². The molecule has 1 amide bonds. The molecule has 0 radical (unpaired) electrons. The number of carbonyl (C=O) groups is 1. The Balaban J connectivity index is 1.54. The van der Waals surface area contributed by atoms with Crippen LogP contribution in [0.3, 0.4) is 0 Å². The fourth-order valence-corrected chi connectivity index (χ4v) is 3.17. The number of amides is 1. The van der Waals surface area contributed by atoms with Crippen LogP contribution in [0.2, 0.25) is 5.02 Å². The SMILES string of the molecule is CC(C)N1CCN(C(=O)c2ccc(CNc3ccc(Cl)cn3)cc2)CC1. The minimum Gasteiger partial charge on any atom is -0.366 e. The van der Waals surface area contributed by atoms with Crippen LogP contribution in [-0.4, -0.2) is 52.9 Å². The number of nitrogens with one attached hydrogen (secondary N) is 1. The summed E-state index contributed by atoms with van der Waals surface area (Å²) in [5, 5.41) is 3.86. The van der Waals surface area contributed by atoms with Crippen molar-refractivity contribution in [1.82, 2.24) is 14.8 Å². The highest BCUT2D eigenvalue weighted by Gasteiger charge is 2.23. The van der Waals surface area contributed by atoms with Crippen molar-refractivity contribution in [2.24, 2.45) is 0 Å². The summed E-state index contributed by atoms with van der Waals surface area (Å²) in [5.41, 5.74) is 1.85. The molecule has 1 saturated heterocycles. The van der Waals surface area contributed by atoms with Crippen molar-refractivity contribution in [3.8, 4) is 0 Å². The molecule has 0 aliphatic carbocycles. The smallest absolute Gasteiger partial charge is 0.253 e. The van der Waals surface area contributed by atoms with Gasteiger partial charge >= 0.3 is 0 Å². The average Bonchev–Trinajstić information content (AvgIpc) is 2.67. The van der Waals surface area contributed by atoms with E-state index in [2.05, 4.69) is 29.0 Å². The number of rotatable bonds is 5. The molecule has 1 N–H and O–H groups in total. The van der Waals surface area contributed by atoms with Crippen LogP contribution in [0.25, 0.3) is 0 Å². The molecule has 2 heterocycles. The predicted molar refractivity (Wildman–Crippen MR) is 106 cm³/mol. The third kappa shape index (κ3) is 4.74. The summed E-state index contributed by atoms with van der Waals surface area (Å²) in [5.74, 6) is 0.893. The number of aromatic nitrogens is 1. The second-order valence-electron chi connectivity index (χ2n) is 6.83. The predicted octanol–water partition coefficient (Wildman–Crippen LogP) is 3.51. The highest BCUT2D eigenvalue weighted by atomic mass is 35.5. The van der Waals surface area contributed by atoms with Crippen molar-refractivity contribution in [2.45, 2.75) is 26.4 Å². The van der Waals surface area contributed by atoms with Gasteiger partial charge in [0.05, 0.1) is 5.02 Å². The molecular weight excluding hydrogens is 348 g/mol. The molecule has 1 aliphatic heterocycles. The number of anilines is 1. The maximum atomic E-state index is 12.7. The van der Waals surface area contributed by atoms with Gasteiger partial charge in [0.15, 0.2) is 0 Å². The van der Waals surface area contributed by atoms with Crippen molar-refractivity contribution in [1.29, 1.82) is 0 Å². The molecule has 1 aromatic carbocycles. The number of benzene rings is 1. The quantitative estimate of drug-likeness (QED) is 0.872. The number of nitrogens with zero attached hydrogens (tertiary/aromatic N) is 3. The Bertz CT molecular complexity index is 722. The van der Waals surface area contributed by atoms with E-state index in [-0.39, 0.29) is 5.91 Å². The van der Waals surface area contributed by atoms with E-state index >= 15 is 0 Å². The molecule has 3 rings (SSSR count). The Morgan fingerprint density at radius 2 is 1.81 bits per heavy atom. The van der Waals surface area contributed by atoms with E-state index in [4.69, 9.17) is 11.6 Å². The van der Waals surface area contributed by atoms with Gasteiger partial charge in [-0.15, -0.1) is 0 Å². The van der Waals surface area contributed by atoms with Gasteiger partial charge in [0, 0.05) is 50.5 Å². The lowest BCUT2D eigenvalue weighted by molar-refractivity contribution is 0.0595. The first-order valence-electron chi connectivity index (χ1n) is 9.00. The first-order chi connectivity index (χ1) is 12.5. The van der Waals surface area contributed by atoms with Gasteiger partial charge in [0.2, 0.25) is 0 Å². The van der Waals surface area contributed by atoms with Gasteiger partial charge < -0.3 is 10.2 Å². The molecule has 1 aliphatic rings. The monoisotopic (exact) mass is 372 g/mol. The van der Waals surface area contributed by atoms with Gasteiger partial charge in [-0.1, -0.05) is 23.7 Å². The Kier molecular flexibility index (Phi) is 6.12. The van der Waals surface area contributed by atoms with Crippen LogP contribution >= 0.6 is 11.6 Å². The molecular formula is C20H25ClN4O. The number of carbonyl (C=O) groups excluding carboxylic acids is 1. The summed E-state index contributed by atoms with van der Waals surface area (Å²) < 4.78 is 0. The van der Waals surface area contributed by atoms with Crippen LogP contribution in [0, 0.1) is 0 Å². The first-order valence-corrected chi connectivity index (χ1v) is 9.38. The maximum Gasteiger partial charge on any atom is 0.253 e. The first kappa shape index (κ1) is 18.7. The van der Waals surface area contributed by atoms with Crippen molar-refractivity contribution in [3.05, 3.63) is 58.7 Å². The van der Waals surface area contributed by atoms with Crippen LogP contribution in [0.5, 0.6) is 0 Å². The van der Waals surface area contributed by atoms with Gasteiger partial charge in [0.1, 0.15) is 5.82 Å². The largest absolute Gasteiger partial charge is 0.366 e. The summed E-state index contributed by atoms with van der Waals surface area (Å²) in [6.45, 7) is 8.52. The molecule has 6 heteroatoms. The molecule has 2 aromatic rings. The second-order valence-corrected chi connectivity index (χ2v) is 7.27. The van der Waals surface area contributed by atoms with E-state index in [0.29, 0.717) is 17.6 Å². The Morgan fingerprint density at radius 1 is 1.12 bits per heavy atom. The van der Waals surface area contributed by atoms with Crippen LogP contribution in [0.15, 0.2) is 42.6 Å². The van der Waals surface area contributed by atoms with Crippen LogP contribution in [0.1, 0.15) is 29.8 Å². The van der Waals surface area contributed by atoms with Gasteiger partial charge in [-0.3, -0.25) is 9.69 Å². The van der Waals surface area contributed by atoms with Crippen molar-refractivity contribution < 1.29 is 4.79 Å². The summed E-state index contributed by atoms with van der Waals surface area (Å²) in [6.07, 6.45) is 1.62. The molecule has 26 heavy (non-hydrogen) atoms. The second kappa shape index (κ2) is 8.52. The Hall–Kier alpha value is -2.11. The standard InChI is InChI=1S/C20H25ClN4O/c1-15(2)24-9-11-25(12-10-24)20(26)17-5-3-16(4-6-17)13-22-19-8-7-18(21)14-23-19/h3-8,14-15H,9-13H2,1-2H3,(H,22,23). The molecule has 1 fully saturated rings. The lowest BCUT2D eigenvalue weighted by Gasteiger charge is -2.37. The number of hydrogen-bond acceptors (Lipinski definition) is 4. The molecule has 0 unspecified atom stereocenters. The van der Waals surface area contributed by atoms with Gasteiger partial charge in [0.25, 0.3) is 5.91 Å². The zero-order chi connectivity index (χ0) is 18.5. The fraction of sp³-hybridized carbons (Fsp3) is 0.400. The molecule has 0 atom stereocenters. The minimum absolute atomic E-state index is 0.118. The fourth-order valence-electron chi connectivity index (χ4n) is 3.06. The Labute approximate surface area is 160 Å². The van der Waals surface area contributed by atoms with Crippen molar-refractivity contribution in [2.75, 3.05) is 31.5 Å². The summed E-state index contributed by atoms with van der Waals surface area (Å²) in [4.78, 5) is 21.2. The van der Waals surface area contributed by atoms with E-state index in [0.717, 1.165) is 43.1 Å². The summed E-state index contributed by atoms with van der Waals surface area (Å²) in [6, 6.07) is 12.0. The highest BCUT2D eigenvalue weighted by Crippen LogP contribution is 2.14. The van der Waals surface area contributed by atoms with Crippen LogP contribution in [0.4, 0.5) is 5.82 Å². The molecule has 0 saturated carbocycles. The van der Waals surface area contributed by atoms with E-state index in [1.54, 1.807) is 12.3 Å². The average molecular weight is 373 g/mol. The zero-order valence-corrected chi connectivity index (χ0v) is 16.0. The molecule has 1 aromatic heterocycles. The Morgan fingerprint density at radius 3 is 2.38 bits per heavy atom. The molecule has 0 bridgehead atoms. The van der Waals surface area contributed by atoms with E-state index in [9.17, 15) is 4.79 Å². The van der Waals surface area contributed by atoms with Crippen LogP contribution < -0.4 is 5.32 Å². The number of halogens is 1. The van der Waals surface area contributed by atoms with Gasteiger partial charge in [-0.05, 0) is 43.7 Å². The molecule has 138 valence electrons. The third-order valence-electron chi connectivity index (χ3n) is 4.73. The van der Waals surface area contributed by atoms with E-state index in [1.165, 1.54) is 0 Å². The van der Waals surface area contributed by atoms with Crippen molar-refractivity contribution >= 4 is 23.3 Å². The number of hydrogen-bond donors (Lipinski definition) is 1. The number of pyridine rings is 1. The minimum atomic E-state index is 0.118. The van der Waals surface area contributed by atoms with Crippen LogP contribution in [-0.2, 0) is 6.54 Å². The number of piperazine rings is 1. The lowest BCUT2D eigenvalue weighted by Crippen LogP contribution is -2.50. The molecule has 0 spiro atoms. The third-order valence-corrected chi connectivity index (χ3v) is 4.96. The zero-order valence-electron chi connectivity index (χ0n) is 15.3. The van der Waals surface area contributed by atoms with Gasteiger partial charge in [-0.25, -0.2) is 4.98 Å². The van der Waals surface area contributed by atoms with E-state index in [1.807, 2.05) is 35.2 Å². The van der Waals surface area contributed by atoms with E-state index < -0.39 is 0 Å². The lowest BCUT2D eigenvalue weighted by atomic mass is 10.1. The summed E-state index contributed by atoms with van der Waals surface area (Å²) >= 11 is 5.83. The van der Waals surface area contributed by atoms with Gasteiger partial charge in [-0.2, -0.15) is 0 Å². The normalized spacial score (nSPS) is 15.3. The highest BCUT2D eigenvalue weighted by molar-refractivity contribution is 6.30. The topological polar surface area (TPSA) is 48.5 Å². The summed E-state index contributed by atoms with van der Waals surface area (Å²) in [7, 11) is 0. The maximum absolute atomic E-state index is 12.7.